The topological polar surface area (TPSA) is 9.23 Å². The Morgan fingerprint density at radius 2 is 2.00 bits per heavy atom. The molecule has 0 N–H and O–H groups in total. The highest BCUT2D eigenvalue weighted by Gasteiger charge is 2.06. The number of rotatable bonds is 4. The molecule has 1 nitrogen and oxygen atoms in total. The lowest BCUT2D eigenvalue weighted by Gasteiger charge is -2.12. The molecule has 1 heterocycles. The van der Waals surface area contributed by atoms with E-state index < -0.39 is 0 Å². The maximum atomic E-state index is 5.45. The second-order valence-corrected chi connectivity index (χ2v) is 5.48. The third-order valence-corrected chi connectivity index (χ3v) is 3.70. The number of thiophene rings is 1. The first-order chi connectivity index (χ1) is 8.70. The predicted molar refractivity (Wildman–Crippen MR) is 80.3 cm³/mol. The van der Waals surface area contributed by atoms with Gasteiger partial charge in [0.25, 0.3) is 0 Å². The van der Waals surface area contributed by atoms with Crippen LogP contribution >= 0.6 is 11.3 Å². The minimum Gasteiger partial charge on any atom is -0.496 e. The lowest BCUT2D eigenvalue weighted by Crippen LogP contribution is -1.94. The molecule has 0 spiro atoms. The number of hydrogen-bond acceptors (Lipinski definition) is 2. The fourth-order valence-corrected chi connectivity index (χ4v) is 2.49. The maximum Gasteiger partial charge on any atom is 0.122 e. The molecule has 0 aliphatic heterocycles. The van der Waals surface area contributed by atoms with Crippen LogP contribution in [0, 0.1) is 0 Å². The van der Waals surface area contributed by atoms with Crippen molar-refractivity contribution in [2.24, 2.45) is 0 Å². The summed E-state index contributed by atoms with van der Waals surface area (Å²) >= 11 is 1.74. The van der Waals surface area contributed by atoms with Gasteiger partial charge in [-0.25, -0.2) is 0 Å². The number of ether oxygens (including phenoxy) is 1. The summed E-state index contributed by atoms with van der Waals surface area (Å²) < 4.78 is 5.45. The molecular formula is C16H18OS. The summed E-state index contributed by atoms with van der Waals surface area (Å²) in [7, 11) is 1.73. The van der Waals surface area contributed by atoms with Crippen molar-refractivity contribution in [2.75, 3.05) is 7.11 Å². The fraction of sp³-hybridized carbons (Fsp3) is 0.250. The summed E-state index contributed by atoms with van der Waals surface area (Å²) in [5.74, 6) is 1.45. The molecule has 0 aliphatic rings. The molecule has 0 atom stereocenters. The molecular weight excluding hydrogens is 240 g/mol. The summed E-state index contributed by atoms with van der Waals surface area (Å²) in [6.07, 6.45) is 4.26. The number of methoxy groups -OCH3 is 1. The van der Waals surface area contributed by atoms with Crippen molar-refractivity contribution in [1.82, 2.24) is 0 Å². The molecule has 0 aliphatic carbocycles. The zero-order valence-electron chi connectivity index (χ0n) is 11.0. The van der Waals surface area contributed by atoms with Gasteiger partial charge in [0.1, 0.15) is 5.75 Å². The summed E-state index contributed by atoms with van der Waals surface area (Å²) in [6.45, 7) is 4.36. The van der Waals surface area contributed by atoms with Gasteiger partial charge in [-0.15, -0.1) is 11.3 Å². The van der Waals surface area contributed by atoms with Gasteiger partial charge in [0.2, 0.25) is 0 Å². The van der Waals surface area contributed by atoms with Crippen LogP contribution in [0.25, 0.3) is 12.2 Å². The Labute approximate surface area is 113 Å². The van der Waals surface area contributed by atoms with Gasteiger partial charge in [0.05, 0.1) is 7.11 Å². The van der Waals surface area contributed by atoms with Gasteiger partial charge in [-0.2, -0.15) is 0 Å². The minimum absolute atomic E-state index is 0.482. The van der Waals surface area contributed by atoms with Crippen LogP contribution in [0.5, 0.6) is 5.75 Å². The molecule has 1 aromatic heterocycles. The molecule has 0 saturated carbocycles. The van der Waals surface area contributed by atoms with Crippen molar-refractivity contribution in [3.05, 3.63) is 51.7 Å². The lowest BCUT2D eigenvalue weighted by atomic mass is 10.00. The molecule has 2 heteroatoms. The van der Waals surface area contributed by atoms with Crippen LogP contribution in [0.3, 0.4) is 0 Å². The fourth-order valence-electron chi connectivity index (χ4n) is 1.87. The quantitative estimate of drug-likeness (QED) is 0.745. The van der Waals surface area contributed by atoms with Crippen LogP contribution in [0.4, 0.5) is 0 Å². The molecule has 2 aromatic rings. The van der Waals surface area contributed by atoms with E-state index in [1.165, 1.54) is 16.0 Å². The van der Waals surface area contributed by atoms with E-state index in [0.717, 1.165) is 5.75 Å². The minimum atomic E-state index is 0.482. The molecule has 18 heavy (non-hydrogen) atoms. The average Bonchev–Trinajstić information content (AvgIpc) is 2.88. The summed E-state index contributed by atoms with van der Waals surface area (Å²) in [5.41, 5.74) is 2.43. The lowest BCUT2D eigenvalue weighted by molar-refractivity contribution is 0.407. The Balaban J connectivity index is 2.25. The van der Waals surface area contributed by atoms with Gasteiger partial charge in [-0.1, -0.05) is 38.1 Å². The third kappa shape index (κ3) is 3.02. The predicted octanol–water partition coefficient (Wildman–Crippen LogP) is 5.05. The Hall–Kier alpha value is -1.54. The SMILES string of the molecule is COc1cc(/C=C/c2cccs2)ccc1C(C)C. The summed E-state index contributed by atoms with van der Waals surface area (Å²) in [6, 6.07) is 10.6. The highest BCUT2D eigenvalue weighted by molar-refractivity contribution is 7.10. The molecule has 0 fully saturated rings. The van der Waals surface area contributed by atoms with E-state index in [1.807, 2.05) is 0 Å². The van der Waals surface area contributed by atoms with Crippen LogP contribution in [-0.4, -0.2) is 7.11 Å². The van der Waals surface area contributed by atoms with E-state index >= 15 is 0 Å². The highest BCUT2D eigenvalue weighted by atomic mass is 32.1. The molecule has 0 bridgehead atoms. The van der Waals surface area contributed by atoms with Crippen molar-refractivity contribution in [2.45, 2.75) is 19.8 Å². The molecule has 1 aromatic carbocycles. The van der Waals surface area contributed by atoms with E-state index in [9.17, 15) is 0 Å². The largest absolute Gasteiger partial charge is 0.496 e. The van der Waals surface area contributed by atoms with Gasteiger partial charge in [-0.3, -0.25) is 0 Å². The van der Waals surface area contributed by atoms with E-state index in [4.69, 9.17) is 4.74 Å². The number of benzene rings is 1. The van der Waals surface area contributed by atoms with Crippen molar-refractivity contribution in [3.63, 3.8) is 0 Å². The van der Waals surface area contributed by atoms with E-state index in [1.54, 1.807) is 18.4 Å². The third-order valence-electron chi connectivity index (χ3n) is 2.86. The molecule has 0 saturated heterocycles. The normalized spacial score (nSPS) is 11.3. The smallest absolute Gasteiger partial charge is 0.122 e. The van der Waals surface area contributed by atoms with Crippen LogP contribution in [0.2, 0.25) is 0 Å². The van der Waals surface area contributed by atoms with Crippen molar-refractivity contribution in [3.8, 4) is 5.75 Å². The first-order valence-corrected chi connectivity index (χ1v) is 6.98. The van der Waals surface area contributed by atoms with Gasteiger partial charge in [0.15, 0.2) is 0 Å². The van der Waals surface area contributed by atoms with Crippen molar-refractivity contribution < 1.29 is 4.74 Å². The van der Waals surface area contributed by atoms with Gasteiger partial charge < -0.3 is 4.74 Å². The maximum absolute atomic E-state index is 5.45. The summed E-state index contributed by atoms with van der Waals surface area (Å²) in [5, 5.41) is 2.09. The average molecular weight is 258 g/mol. The molecule has 94 valence electrons. The second-order valence-electron chi connectivity index (χ2n) is 4.50. The van der Waals surface area contributed by atoms with Crippen molar-refractivity contribution in [1.29, 1.82) is 0 Å². The van der Waals surface area contributed by atoms with Crippen molar-refractivity contribution >= 4 is 23.5 Å². The Kier molecular flexibility index (Phi) is 4.21. The first-order valence-electron chi connectivity index (χ1n) is 6.10. The Morgan fingerprint density at radius 1 is 1.17 bits per heavy atom. The zero-order chi connectivity index (χ0) is 13.0. The molecule has 0 amide bonds. The second kappa shape index (κ2) is 5.87. The van der Waals surface area contributed by atoms with Gasteiger partial charge in [0, 0.05) is 4.88 Å². The monoisotopic (exact) mass is 258 g/mol. The Bertz CT molecular complexity index is 524. The van der Waals surface area contributed by atoms with Gasteiger partial charge >= 0.3 is 0 Å². The van der Waals surface area contributed by atoms with Gasteiger partial charge in [-0.05, 0) is 40.6 Å². The standard InChI is InChI=1S/C16H18OS/c1-12(2)15-9-7-13(11-16(15)17-3)6-8-14-5-4-10-18-14/h4-12H,1-3H3/b8-6+. The van der Waals surface area contributed by atoms with Crippen LogP contribution in [-0.2, 0) is 0 Å². The molecule has 0 unspecified atom stereocenters. The van der Waals surface area contributed by atoms with E-state index in [0.29, 0.717) is 5.92 Å². The Morgan fingerprint density at radius 3 is 2.61 bits per heavy atom. The molecule has 2 rings (SSSR count). The highest BCUT2D eigenvalue weighted by Crippen LogP contribution is 2.28. The first kappa shape index (κ1) is 12.9. The van der Waals surface area contributed by atoms with E-state index in [-0.39, 0.29) is 0 Å². The number of hydrogen-bond donors (Lipinski definition) is 0. The summed E-state index contributed by atoms with van der Waals surface area (Å²) in [4.78, 5) is 1.27. The van der Waals surface area contributed by atoms with E-state index in [2.05, 4.69) is 61.7 Å². The van der Waals surface area contributed by atoms with Crippen LogP contribution in [0.1, 0.15) is 35.8 Å². The zero-order valence-corrected chi connectivity index (χ0v) is 11.8. The van der Waals surface area contributed by atoms with Crippen LogP contribution in [0.15, 0.2) is 35.7 Å². The van der Waals surface area contributed by atoms with Crippen LogP contribution < -0.4 is 4.74 Å². The molecule has 0 radical (unpaired) electrons.